The van der Waals surface area contributed by atoms with E-state index < -0.39 is 5.82 Å². The molecule has 84 valence electrons. The van der Waals surface area contributed by atoms with Gasteiger partial charge in [-0.05, 0) is 24.5 Å². The summed E-state index contributed by atoms with van der Waals surface area (Å²) in [6, 6.07) is 2.90. The molecule has 0 bridgehead atoms. The summed E-state index contributed by atoms with van der Waals surface area (Å²) in [5.74, 6) is 0.243. The van der Waals surface area contributed by atoms with Crippen molar-refractivity contribution in [1.82, 2.24) is 0 Å². The highest BCUT2D eigenvalue weighted by atomic mass is 19.1. The van der Waals surface area contributed by atoms with Crippen molar-refractivity contribution in [3.05, 3.63) is 23.5 Å². The van der Waals surface area contributed by atoms with E-state index in [0.717, 1.165) is 5.56 Å². The molecule has 0 aliphatic carbocycles. The number of halogens is 1. The molecular weight excluding hydrogens is 199 g/mol. The number of benzene rings is 1. The van der Waals surface area contributed by atoms with E-state index in [-0.39, 0.29) is 12.4 Å². The Morgan fingerprint density at radius 1 is 1.20 bits per heavy atom. The van der Waals surface area contributed by atoms with Gasteiger partial charge in [0.1, 0.15) is 5.75 Å². The lowest BCUT2D eigenvalue weighted by atomic mass is 10.1. The van der Waals surface area contributed by atoms with Crippen molar-refractivity contribution in [3.8, 4) is 11.5 Å². The van der Waals surface area contributed by atoms with Gasteiger partial charge in [0.05, 0.1) is 14.2 Å². The highest BCUT2D eigenvalue weighted by Gasteiger charge is 2.10. The normalized spacial score (nSPS) is 10.1. The SMILES string of the molecule is COc1cc(CCCO)c(OC)cc1F. The topological polar surface area (TPSA) is 38.7 Å². The van der Waals surface area contributed by atoms with Crippen LogP contribution in [0.1, 0.15) is 12.0 Å². The average molecular weight is 214 g/mol. The fourth-order valence-corrected chi connectivity index (χ4v) is 1.39. The van der Waals surface area contributed by atoms with Gasteiger partial charge >= 0.3 is 0 Å². The predicted octanol–water partition coefficient (Wildman–Crippen LogP) is 1.77. The highest BCUT2D eigenvalue weighted by Crippen LogP contribution is 2.28. The van der Waals surface area contributed by atoms with Gasteiger partial charge in [0.15, 0.2) is 11.6 Å². The van der Waals surface area contributed by atoms with Gasteiger partial charge in [-0.15, -0.1) is 0 Å². The summed E-state index contributed by atoms with van der Waals surface area (Å²) in [6.07, 6.45) is 1.25. The first kappa shape index (κ1) is 11.8. The zero-order valence-electron chi connectivity index (χ0n) is 8.92. The van der Waals surface area contributed by atoms with Gasteiger partial charge in [0, 0.05) is 12.7 Å². The minimum atomic E-state index is -0.443. The maximum Gasteiger partial charge on any atom is 0.168 e. The number of aliphatic hydroxyl groups is 1. The summed E-state index contributed by atoms with van der Waals surface area (Å²) in [4.78, 5) is 0. The van der Waals surface area contributed by atoms with Crippen LogP contribution in [0.3, 0.4) is 0 Å². The third kappa shape index (κ3) is 2.83. The average Bonchev–Trinajstić information content (AvgIpc) is 2.26. The summed E-state index contributed by atoms with van der Waals surface area (Å²) >= 11 is 0. The van der Waals surface area contributed by atoms with Crippen LogP contribution < -0.4 is 9.47 Å². The predicted molar refractivity (Wildman–Crippen MR) is 54.9 cm³/mol. The molecule has 1 rings (SSSR count). The molecule has 0 saturated carbocycles. The van der Waals surface area contributed by atoms with Gasteiger partial charge in [-0.1, -0.05) is 0 Å². The van der Waals surface area contributed by atoms with Crippen LogP contribution in [-0.2, 0) is 6.42 Å². The van der Waals surface area contributed by atoms with Crippen molar-refractivity contribution in [2.45, 2.75) is 12.8 Å². The van der Waals surface area contributed by atoms with Crippen LogP contribution in [0.25, 0.3) is 0 Å². The van der Waals surface area contributed by atoms with E-state index in [9.17, 15) is 4.39 Å². The molecular formula is C11H15FO3. The molecule has 0 fully saturated rings. The second kappa shape index (κ2) is 5.56. The second-order valence-corrected chi connectivity index (χ2v) is 3.13. The highest BCUT2D eigenvalue weighted by molar-refractivity contribution is 5.41. The van der Waals surface area contributed by atoms with Crippen molar-refractivity contribution in [1.29, 1.82) is 0 Å². The zero-order valence-corrected chi connectivity index (χ0v) is 8.92. The molecule has 0 aliphatic rings. The third-order valence-corrected chi connectivity index (χ3v) is 2.16. The molecule has 0 saturated heterocycles. The number of hydrogen-bond donors (Lipinski definition) is 1. The van der Waals surface area contributed by atoms with E-state index in [1.807, 2.05) is 0 Å². The standard InChI is InChI=1S/C11H15FO3/c1-14-10-7-9(12)11(15-2)6-8(10)4-3-5-13/h6-7,13H,3-5H2,1-2H3. The Bertz CT molecular complexity index is 326. The van der Waals surface area contributed by atoms with Crippen molar-refractivity contribution >= 4 is 0 Å². The summed E-state index contributed by atoms with van der Waals surface area (Å²) in [5.41, 5.74) is 0.838. The van der Waals surface area contributed by atoms with Crippen LogP contribution in [-0.4, -0.2) is 25.9 Å². The summed E-state index contributed by atoms with van der Waals surface area (Å²) in [6.45, 7) is 0.100. The van der Waals surface area contributed by atoms with Crippen LogP contribution in [0.5, 0.6) is 11.5 Å². The van der Waals surface area contributed by atoms with Crippen LogP contribution in [0.4, 0.5) is 4.39 Å². The Kier molecular flexibility index (Phi) is 4.37. The van der Waals surface area contributed by atoms with Gasteiger partial charge in [-0.25, -0.2) is 4.39 Å². The molecule has 0 unspecified atom stereocenters. The molecule has 0 amide bonds. The Hall–Kier alpha value is -1.29. The van der Waals surface area contributed by atoms with Crippen molar-refractivity contribution in [2.24, 2.45) is 0 Å². The molecule has 1 aromatic rings. The van der Waals surface area contributed by atoms with E-state index in [4.69, 9.17) is 14.6 Å². The van der Waals surface area contributed by atoms with Gasteiger partial charge in [0.25, 0.3) is 0 Å². The van der Waals surface area contributed by atoms with E-state index in [1.54, 1.807) is 6.07 Å². The monoisotopic (exact) mass is 214 g/mol. The van der Waals surface area contributed by atoms with E-state index in [0.29, 0.717) is 18.6 Å². The molecule has 0 aromatic heterocycles. The third-order valence-electron chi connectivity index (χ3n) is 2.16. The lowest BCUT2D eigenvalue weighted by Gasteiger charge is -2.10. The number of aryl methyl sites for hydroxylation is 1. The number of methoxy groups -OCH3 is 2. The van der Waals surface area contributed by atoms with Gasteiger partial charge in [0.2, 0.25) is 0 Å². The Balaban J connectivity index is 2.99. The quantitative estimate of drug-likeness (QED) is 0.811. The smallest absolute Gasteiger partial charge is 0.168 e. The number of aliphatic hydroxyl groups excluding tert-OH is 1. The number of hydrogen-bond acceptors (Lipinski definition) is 3. The summed E-state index contributed by atoms with van der Waals surface area (Å²) in [5, 5.41) is 8.73. The molecule has 0 radical (unpaired) electrons. The molecule has 1 aromatic carbocycles. The maximum absolute atomic E-state index is 13.3. The second-order valence-electron chi connectivity index (χ2n) is 3.13. The van der Waals surface area contributed by atoms with Gasteiger partial charge < -0.3 is 14.6 Å². The molecule has 1 N–H and O–H groups in total. The van der Waals surface area contributed by atoms with Gasteiger partial charge in [-0.3, -0.25) is 0 Å². The molecule has 0 heterocycles. The fourth-order valence-electron chi connectivity index (χ4n) is 1.39. The van der Waals surface area contributed by atoms with Gasteiger partial charge in [-0.2, -0.15) is 0 Å². The van der Waals surface area contributed by atoms with Crippen molar-refractivity contribution in [2.75, 3.05) is 20.8 Å². The van der Waals surface area contributed by atoms with E-state index in [2.05, 4.69) is 0 Å². The Morgan fingerprint density at radius 3 is 2.40 bits per heavy atom. The Labute approximate surface area is 88.4 Å². The molecule has 4 heteroatoms. The largest absolute Gasteiger partial charge is 0.496 e. The summed E-state index contributed by atoms with van der Waals surface area (Å²) < 4.78 is 23.2. The molecule has 0 atom stereocenters. The van der Waals surface area contributed by atoms with Crippen LogP contribution >= 0.6 is 0 Å². The number of rotatable bonds is 5. The zero-order chi connectivity index (χ0) is 11.3. The first-order valence-corrected chi connectivity index (χ1v) is 4.74. The van der Waals surface area contributed by atoms with Crippen LogP contribution in [0.15, 0.2) is 12.1 Å². The minimum absolute atomic E-state index is 0.100. The molecule has 0 spiro atoms. The van der Waals surface area contributed by atoms with E-state index >= 15 is 0 Å². The number of ether oxygens (including phenoxy) is 2. The summed E-state index contributed by atoms with van der Waals surface area (Å²) in [7, 11) is 2.91. The fraction of sp³-hybridized carbons (Fsp3) is 0.455. The molecule has 0 aliphatic heterocycles. The van der Waals surface area contributed by atoms with Crippen LogP contribution in [0.2, 0.25) is 0 Å². The lowest BCUT2D eigenvalue weighted by Crippen LogP contribution is -1.98. The Morgan fingerprint density at radius 2 is 1.87 bits per heavy atom. The van der Waals surface area contributed by atoms with Crippen molar-refractivity contribution in [3.63, 3.8) is 0 Å². The first-order valence-electron chi connectivity index (χ1n) is 4.74. The van der Waals surface area contributed by atoms with Crippen LogP contribution in [0, 0.1) is 5.82 Å². The first-order chi connectivity index (χ1) is 7.22. The molecule has 3 nitrogen and oxygen atoms in total. The van der Waals surface area contributed by atoms with E-state index in [1.165, 1.54) is 20.3 Å². The van der Waals surface area contributed by atoms with Crippen molar-refractivity contribution < 1.29 is 19.0 Å². The maximum atomic E-state index is 13.3. The lowest BCUT2D eigenvalue weighted by molar-refractivity contribution is 0.287. The minimum Gasteiger partial charge on any atom is -0.496 e. The molecule has 15 heavy (non-hydrogen) atoms.